The second kappa shape index (κ2) is 8.44. The fraction of sp³-hybridized carbons (Fsp3) is 0.190. The van der Waals surface area contributed by atoms with E-state index in [1.807, 2.05) is 19.9 Å². The van der Waals surface area contributed by atoms with Crippen LogP contribution in [0.15, 0.2) is 36.4 Å². The molecule has 2 heterocycles. The number of halogens is 2. The van der Waals surface area contributed by atoms with Crippen LogP contribution in [-0.4, -0.2) is 24.0 Å². The van der Waals surface area contributed by atoms with E-state index in [-0.39, 0.29) is 33.3 Å². The molecule has 2 aliphatic heterocycles. The number of nitrogens with one attached hydrogen (secondary N) is 3. The van der Waals surface area contributed by atoms with Gasteiger partial charge >= 0.3 is 6.03 Å². The second-order valence-corrected chi connectivity index (χ2v) is 8.38. The largest absolute Gasteiger partial charge is 0.454 e. The summed E-state index contributed by atoms with van der Waals surface area (Å²) in [6, 6.07) is 7.31. The Morgan fingerprint density at radius 2 is 1.78 bits per heavy atom. The zero-order chi connectivity index (χ0) is 23.2. The van der Waals surface area contributed by atoms with Gasteiger partial charge in [0, 0.05) is 16.8 Å². The Morgan fingerprint density at radius 3 is 2.44 bits per heavy atom. The van der Waals surface area contributed by atoms with Gasteiger partial charge in [-0.15, -0.1) is 0 Å². The lowest BCUT2D eigenvalue weighted by molar-refractivity contribution is -0.122. The lowest BCUT2D eigenvalue weighted by Gasteiger charge is -2.31. The van der Waals surface area contributed by atoms with Gasteiger partial charge in [0.2, 0.25) is 0 Å². The smallest absolute Gasteiger partial charge is 0.343 e. The Hall–Kier alpha value is -3.11. The van der Waals surface area contributed by atoms with Crippen LogP contribution in [0.1, 0.15) is 19.4 Å². The number of carbonyl (C=O) groups excluding carboxylic acids is 3. The molecule has 0 bridgehead atoms. The molecular weight excluding hydrogens is 457 g/mol. The highest BCUT2D eigenvalue weighted by Crippen LogP contribution is 2.42. The first-order chi connectivity index (χ1) is 15.1. The molecule has 0 aliphatic carbocycles. The third-order valence-electron chi connectivity index (χ3n) is 4.72. The molecule has 5 N–H and O–H groups in total. The highest BCUT2D eigenvalue weighted by molar-refractivity contribution is 6.38. The first kappa shape index (κ1) is 22.1. The Balaban J connectivity index is 1.63. The number of hydrogen-bond donors (Lipinski definition) is 4. The number of amides is 4. The average Bonchev–Trinajstić information content (AvgIpc) is 3.01. The summed E-state index contributed by atoms with van der Waals surface area (Å²) in [7, 11) is 0. The van der Waals surface area contributed by atoms with Crippen molar-refractivity contribution in [1.29, 1.82) is 0 Å². The first-order valence-electron chi connectivity index (χ1n) is 9.65. The number of nitrogens with two attached hydrogens (primary N) is 1. The van der Waals surface area contributed by atoms with Crippen LogP contribution < -0.4 is 31.5 Å². The first-order valence-corrected chi connectivity index (χ1v) is 10.4. The topological polar surface area (TPSA) is 126 Å². The van der Waals surface area contributed by atoms with E-state index >= 15 is 0 Å². The van der Waals surface area contributed by atoms with Crippen molar-refractivity contribution >= 4 is 58.0 Å². The maximum Gasteiger partial charge on any atom is 0.343 e. The molecule has 11 heteroatoms. The van der Waals surface area contributed by atoms with Crippen molar-refractivity contribution in [2.24, 2.45) is 11.7 Å². The fourth-order valence-electron chi connectivity index (χ4n) is 3.31. The minimum atomic E-state index is -1.11. The predicted molar refractivity (Wildman–Crippen MR) is 122 cm³/mol. The monoisotopic (exact) mass is 475 g/mol. The lowest BCUT2D eigenvalue weighted by atomic mass is 10.0. The van der Waals surface area contributed by atoms with Gasteiger partial charge in [-0.05, 0) is 36.2 Å². The number of imide groups is 1. The van der Waals surface area contributed by atoms with Crippen molar-refractivity contribution in [2.75, 3.05) is 10.3 Å². The normalized spacial score (nSPS) is 19.3. The summed E-state index contributed by atoms with van der Waals surface area (Å²) in [6.07, 6.45) is 0.767. The number of urea groups is 1. The summed E-state index contributed by atoms with van der Waals surface area (Å²) in [5, 5.41) is 6.22. The minimum absolute atomic E-state index is 0.125. The summed E-state index contributed by atoms with van der Waals surface area (Å²) in [5.41, 5.74) is 10.4. The number of rotatable bonds is 4. The van der Waals surface area contributed by atoms with Crippen molar-refractivity contribution in [1.82, 2.24) is 10.7 Å². The molecule has 0 aromatic heterocycles. The highest BCUT2D eigenvalue weighted by atomic mass is 35.5. The third-order valence-corrected chi connectivity index (χ3v) is 5.28. The maximum absolute atomic E-state index is 12.3. The number of nitrogens with zero attached hydrogens (tertiary/aromatic N) is 1. The van der Waals surface area contributed by atoms with Crippen molar-refractivity contribution in [3.05, 3.63) is 52.0 Å². The highest BCUT2D eigenvalue weighted by Gasteiger charge is 2.31. The van der Waals surface area contributed by atoms with Crippen LogP contribution in [0.5, 0.6) is 11.5 Å². The molecule has 1 saturated heterocycles. The van der Waals surface area contributed by atoms with Crippen LogP contribution in [0, 0.1) is 5.92 Å². The van der Waals surface area contributed by atoms with Crippen molar-refractivity contribution in [3.63, 3.8) is 0 Å². The van der Waals surface area contributed by atoms with Gasteiger partial charge in [0.05, 0.1) is 15.7 Å². The number of hydrogen-bond acceptors (Lipinski definition) is 6. The van der Waals surface area contributed by atoms with Gasteiger partial charge < -0.3 is 15.8 Å². The fourth-order valence-corrected chi connectivity index (χ4v) is 3.86. The molecule has 32 heavy (non-hydrogen) atoms. The zero-order valence-corrected chi connectivity index (χ0v) is 18.5. The van der Waals surface area contributed by atoms with Gasteiger partial charge in [0.15, 0.2) is 11.9 Å². The van der Waals surface area contributed by atoms with Gasteiger partial charge in [-0.2, -0.15) is 5.43 Å². The molecule has 0 radical (unpaired) electrons. The van der Waals surface area contributed by atoms with Crippen molar-refractivity contribution in [3.8, 4) is 11.5 Å². The number of ether oxygens (including phenoxy) is 1. The SMILES string of the molecule is CC(C)/C=C1\C(=O)Nc2ccc(Oc3c(Cl)cc(N4NC(N)C(=O)NC4=O)cc3Cl)cc21. The van der Waals surface area contributed by atoms with Crippen LogP contribution in [0.4, 0.5) is 16.2 Å². The predicted octanol–water partition coefficient (Wildman–Crippen LogP) is 3.62. The second-order valence-electron chi connectivity index (χ2n) is 7.56. The van der Waals surface area contributed by atoms with E-state index in [2.05, 4.69) is 16.1 Å². The number of allylic oxidation sites excluding steroid dienone is 1. The van der Waals surface area contributed by atoms with Crippen LogP contribution >= 0.6 is 23.2 Å². The Kier molecular flexibility index (Phi) is 5.83. The molecular formula is C21H19Cl2N5O4. The molecule has 1 fully saturated rings. The average molecular weight is 476 g/mol. The third kappa shape index (κ3) is 4.15. The Labute approximate surface area is 193 Å². The minimum Gasteiger partial charge on any atom is -0.454 e. The van der Waals surface area contributed by atoms with Crippen molar-refractivity contribution in [2.45, 2.75) is 20.0 Å². The Bertz CT molecular complexity index is 1160. The number of benzene rings is 2. The maximum atomic E-state index is 12.3. The number of fused-ring (bicyclic) bond motifs is 1. The lowest BCUT2D eigenvalue weighted by Crippen LogP contribution is -2.67. The molecule has 2 aliphatic rings. The van der Waals surface area contributed by atoms with E-state index in [0.29, 0.717) is 17.0 Å². The van der Waals surface area contributed by atoms with Crippen LogP contribution in [0.3, 0.4) is 0 Å². The summed E-state index contributed by atoms with van der Waals surface area (Å²) in [6.45, 7) is 3.97. The van der Waals surface area contributed by atoms with Gasteiger partial charge in [-0.25, -0.2) is 9.80 Å². The molecule has 1 atom stereocenters. The van der Waals surface area contributed by atoms with Gasteiger partial charge in [0.25, 0.3) is 11.8 Å². The summed E-state index contributed by atoms with van der Waals surface area (Å²) < 4.78 is 5.91. The van der Waals surface area contributed by atoms with Crippen LogP contribution in [0.2, 0.25) is 10.0 Å². The van der Waals surface area contributed by atoms with Crippen LogP contribution in [0.25, 0.3) is 5.57 Å². The van der Waals surface area contributed by atoms with E-state index in [4.69, 9.17) is 33.7 Å². The van der Waals surface area contributed by atoms with E-state index in [0.717, 1.165) is 10.6 Å². The number of carbonyl (C=O) groups is 3. The molecule has 0 saturated carbocycles. The van der Waals surface area contributed by atoms with E-state index in [1.165, 1.54) is 12.1 Å². The molecule has 4 amide bonds. The number of hydrazine groups is 1. The molecule has 0 spiro atoms. The standard InChI is InChI=1S/C21H19Cl2N5O4/c1-9(2)5-13-12-8-11(3-4-16(12)25-19(13)29)32-17-14(22)6-10(7-15(17)23)28-21(31)26-20(30)18(24)27-28/h3-9,18,27H,24H2,1-2H3,(H,25,29)(H,26,30,31)/b13-5-. The summed E-state index contributed by atoms with van der Waals surface area (Å²) in [5.74, 6) is -0.0461. The van der Waals surface area contributed by atoms with Crippen molar-refractivity contribution < 1.29 is 19.1 Å². The molecule has 2 aromatic rings. The van der Waals surface area contributed by atoms with Gasteiger partial charge in [-0.3, -0.25) is 14.9 Å². The van der Waals surface area contributed by atoms with E-state index < -0.39 is 18.1 Å². The Morgan fingerprint density at radius 1 is 1.09 bits per heavy atom. The quantitative estimate of drug-likeness (QED) is 0.500. The molecule has 9 nitrogen and oxygen atoms in total. The van der Waals surface area contributed by atoms with E-state index in [1.54, 1.807) is 18.2 Å². The zero-order valence-electron chi connectivity index (χ0n) is 17.0. The van der Waals surface area contributed by atoms with Gasteiger partial charge in [0.1, 0.15) is 5.75 Å². The molecule has 166 valence electrons. The summed E-state index contributed by atoms with van der Waals surface area (Å²) >= 11 is 12.8. The molecule has 2 aromatic carbocycles. The van der Waals surface area contributed by atoms with Gasteiger partial charge in [-0.1, -0.05) is 43.1 Å². The van der Waals surface area contributed by atoms with E-state index in [9.17, 15) is 14.4 Å². The van der Waals surface area contributed by atoms with Crippen LogP contribution in [-0.2, 0) is 9.59 Å². The number of anilines is 2. The molecule has 1 unspecified atom stereocenters. The summed E-state index contributed by atoms with van der Waals surface area (Å²) in [4.78, 5) is 35.9. The molecule has 4 rings (SSSR count).